The molecule has 0 bridgehead atoms. The number of hydrogen-bond acceptors (Lipinski definition) is 4. The second-order valence-electron chi connectivity index (χ2n) is 11.7. The Morgan fingerprint density at radius 1 is 1.02 bits per heavy atom. The van der Waals surface area contributed by atoms with Gasteiger partial charge >= 0.3 is 5.97 Å². The van der Waals surface area contributed by atoms with Crippen LogP contribution in [0.5, 0.6) is 5.75 Å². The van der Waals surface area contributed by atoms with E-state index in [2.05, 4.69) is 6.07 Å². The first-order valence-electron chi connectivity index (χ1n) is 15.5. The van der Waals surface area contributed by atoms with Gasteiger partial charge in [-0.1, -0.05) is 43.3 Å². The predicted molar refractivity (Wildman–Crippen MR) is 167 cm³/mol. The summed E-state index contributed by atoms with van der Waals surface area (Å²) in [6, 6.07) is 17.3. The van der Waals surface area contributed by atoms with Crippen LogP contribution in [0.15, 0.2) is 54.6 Å². The summed E-state index contributed by atoms with van der Waals surface area (Å²) < 4.78 is 32.1. The zero-order valence-electron chi connectivity index (χ0n) is 25.2. The average molecular weight is 594 g/mol. The lowest BCUT2D eigenvalue weighted by Gasteiger charge is -2.15. The number of hydrogen-bond donors (Lipinski definition) is 1. The molecule has 1 aliphatic heterocycles. The van der Waals surface area contributed by atoms with E-state index in [0.717, 1.165) is 47.2 Å². The van der Waals surface area contributed by atoms with E-state index >= 15 is 4.39 Å². The fraction of sp³-hybridized carbons (Fsp3) is 0.333. The number of carboxylic acids is 1. The van der Waals surface area contributed by atoms with Gasteiger partial charge in [0.2, 0.25) is 0 Å². The van der Waals surface area contributed by atoms with E-state index in [4.69, 9.17) is 14.6 Å². The number of fused-ring (bicyclic) bond motifs is 4. The summed E-state index contributed by atoms with van der Waals surface area (Å²) in [7, 11) is 1.86. The van der Waals surface area contributed by atoms with Gasteiger partial charge in [0, 0.05) is 35.8 Å². The van der Waals surface area contributed by atoms with Crippen molar-refractivity contribution in [3.8, 4) is 16.9 Å². The molecule has 0 radical (unpaired) electrons. The van der Waals surface area contributed by atoms with Crippen molar-refractivity contribution in [1.29, 1.82) is 0 Å². The molecule has 7 nitrogen and oxygen atoms in total. The molecule has 5 aromatic rings. The molecule has 8 heteroatoms. The highest BCUT2D eigenvalue weighted by Gasteiger charge is 2.30. The number of benzene rings is 3. The monoisotopic (exact) mass is 593 g/mol. The molecule has 2 aromatic heterocycles. The van der Waals surface area contributed by atoms with E-state index in [-0.39, 0.29) is 18.8 Å². The molecule has 0 fully saturated rings. The van der Waals surface area contributed by atoms with Gasteiger partial charge in [0.15, 0.2) is 0 Å². The Bertz CT molecular complexity index is 1900. The number of carboxylic acid groups (broad SMARTS) is 1. The molecule has 226 valence electrons. The molecule has 2 aliphatic rings. The maximum Gasteiger partial charge on any atom is 0.352 e. The topological polar surface area (TPSA) is 78.5 Å². The van der Waals surface area contributed by atoms with Gasteiger partial charge in [-0.15, -0.1) is 0 Å². The fourth-order valence-electron chi connectivity index (χ4n) is 7.23. The molecular weight excluding hydrogens is 557 g/mol. The van der Waals surface area contributed by atoms with Crippen molar-refractivity contribution < 1.29 is 23.8 Å². The van der Waals surface area contributed by atoms with Crippen LogP contribution in [-0.2, 0) is 57.2 Å². The molecule has 3 heterocycles. The van der Waals surface area contributed by atoms with Gasteiger partial charge in [-0.25, -0.2) is 9.18 Å². The summed E-state index contributed by atoms with van der Waals surface area (Å²) in [5.74, 6) is -0.512. The average Bonchev–Trinajstić information content (AvgIpc) is 3.70. The Morgan fingerprint density at radius 3 is 2.66 bits per heavy atom. The van der Waals surface area contributed by atoms with Crippen molar-refractivity contribution in [2.45, 2.75) is 65.2 Å². The van der Waals surface area contributed by atoms with Crippen molar-refractivity contribution >= 4 is 16.9 Å². The van der Waals surface area contributed by atoms with E-state index in [1.807, 2.05) is 50.4 Å². The minimum atomic E-state index is -1.03. The molecule has 0 atom stereocenters. The largest absolute Gasteiger partial charge is 0.493 e. The van der Waals surface area contributed by atoms with Crippen molar-refractivity contribution in [3.63, 3.8) is 0 Å². The first-order chi connectivity index (χ1) is 21.5. The third-order valence-corrected chi connectivity index (χ3v) is 9.18. The van der Waals surface area contributed by atoms with Crippen LogP contribution >= 0.6 is 0 Å². The first kappa shape index (κ1) is 28.3. The van der Waals surface area contributed by atoms with Crippen molar-refractivity contribution in [2.24, 2.45) is 7.05 Å². The van der Waals surface area contributed by atoms with Crippen LogP contribution < -0.4 is 4.74 Å². The highest BCUT2D eigenvalue weighted by atomic mass is 19.1. The van der Waals surface area contributed by atoms with Crippen molar-refractivity contribution in [3.05, 3.63) is 105 Å². The molecular formula is C36H36FN3O4. The molecule has 44 heavy (non-hydrogen) atoms. The third kappa shape index (κ3) is 4.78. The van der Waals surface area contributed by atoms with Crippen LogP contribution in [0, 0.1) is 5.82 Å². The van der Waals surface area contributed by atoms with Gasteiger partial charge in [0.25, 0.3) is 0 Å². The summed E-state index contributed by atoms with van der Waals surface area (Å²) in [5.41, 5.74) is 8.60. The molecule has 0 spiro atoms. The molecule has 1 aliphatic carbocycles. The lowest BCUT2D eigenvalue weighted by molar-refractivity contribution is 0.0684. The smallest absolute Gasteiger partial charge is 0.352 e. The maximum absolute atomic E-state index is 16.2. The summed E-state index contributed by atoms with van der Waals surface area (Å²) in [6.07, 6.45) is 4.99. The molecule has 3 aromatic carbocycles. The number of aromatic carboxylic acids is 1. The quantitative estimate of drug-likeness (QED) is 0.205. The minimum Gasteiger partial charge on any atom is -0.493 e. The summed E-state index contributed by atoms with van der Waals surface area (Å²) in [5, 5.41) is 16.2. The maximum atomic E-state index is 16.2. The number of ether oxygens (including phenoxy) is 2. The van der Waals surface area contributed by atoms with Gasteiger partial charge in [0.1, 0.15) is 17.3 Å². The normalized spacial score (nSPS) is 14.2. The molecule has 0 amide bonds. The van der Waals surface area contributed by atoms with Gasteiger partial charge in [-0.3, -0.25) is 4.68 Å². The zero-order chi connectivity index (χ0) is 30.4. The second-order valence-corrected chi connectivity index (χ2v) is 11.7. The van der Waals surface area contributed by atoms with Gasteiger partial charge in [-0.05, 0) is 84.5 Å². The summed E-state index contributed by atoms with van der Waals surface area (Å²) in [6.45, 7) is 3.31. The Morgan fingerprint density at radius 2 is 1.84 bits per heavy atom. The van der Waals surface area contributed by atoms with Gasteiger partial charge < -0.3 is 19.1 Å². The lowest BCUT2D eigenvalue weighted by Crippen LogP contribution is -2.13. The van der Waals surface area contributed by atoms with E-state index in [9.17, 15) is 9.90 Å². The van der Waals surface area contributed by atoms with Crippen LogP contribution in [0.3, 0.4) is 0 Å². The van der Waals surface area contributed by atoms with E-state index in [1.165, 1.54) is 17.2 Å². The van der Waals surface area contributed by atoms with Crippen LogP contribution in [0.4, 0.5) is 4.39 Å². The Hall–Kier alpha value is -4.43. The van der Waals surface area contributed by atoms with Crippen LogP contribution in [-0.4, -0.2) is 32.0 Å². The number of halogens is 1. The van der Waals surface area contributed by atoms with Crippen molar-refractivity contribution in [2.75, 3.05) is 6.61 Å². The Kier molecular flexibility index (Phi) is 7.46. The molecule has 1 N–H and O–H groups in total. The molecule has 0 unspecified atom stereocenters. The number of aryl methyl sites for hydroxylation is 3. The third-order valence-electron chi connectivity index (χ3n) is 9.18. The van der Waals surface area contributed by atoms with Crippen molar-refractivity contribution in [1.82, 2.24) is 14.3 Å². The minimum absolute atomic E-state index is 0.186. The highest BCUT2D eigenvalue weighted by molar-refractivity contribution is 6.04. The predicted octanol–water partition coefficient (Wildman–Crippen LogP) is 7.02. The highest BCUT2D eigenvalue weighted by Crippen LogP contribution is 2.41. The van der Waals surface area contributed by atoms with Crippen LogP contribution in [0.2, 0.25) is 0 Å². The van der Waals surface area contributed by atoms with Gasteiger partial charge in [-0.2, -0.15) is 5.10 Å². The Labute approximate surface area is 255 Å². The summed E-state index contributed by atoms with van der Waals surface area (Å²) in [4.78, 5) is 13.1. The fourth-order valence-corrected chi connectivity index (χ4v) is 7.23. The second kappa shape index (κ2) is 11.6. The van der Waals surface area contributed by atoms with E-state index in [0.29, 0.717) is 60.4 Å². The number of carbonyl (C=O) groups is 1. The molecule has 0 saturated carbocycles. The van der Waals surface area contributed by atoms with E-state index < -0.39 is 11.8 Å². The summed E-state index contributed by atoms with van der Waals surface area (Å²) >= 11 is 0. The lowest BCUT2D eigenvalue weighted by atomic mass is 9.96. The standard InChI is InChI=1S/C36H36FN3O4/c1-3-30-33-29(38-39(30)2)21-43-20-24-10-5-4-9-23(24)19-40-34-27(16-17-28(37)32(33)34)26(35(40)36(41)42)14-8-18-44-31-15-7-12-22-11-6-13-25(22)31/h4-5,7,9-10,12,15-17H,3,6,8,11,13-14,18-21H2,1-2H3,(H,41,42). The molecule has 0 saturated heterocycles. The van der Waals surface area contributed by atoms with E-state index in [1.54, 1.807) is 15.3 Å². The molecule has 7 rings (SSSR count). The Balaban J connectivity index is 1.38. The van der Waals surface area contributed by atoms with Gasteiger partial charge in [0.05, 0.1) is 31.0 Å². The zero-order valence-corrected chi connectivity index (χ0v) is 25.2. The number of nitrogens with zero attached hydrogens (tertiary/aromatic N) is 3. The number of aromatic nitrogens is 3. The van der Waals surface area contributed by atoms with Crippen LogP contribution in [0.25, 0.3) is 22.0 Å². The van der Waals surface area contributed by atoms with Crippen LogP contribution in [0.1, 0.15) is 69.5 Å². The SMILES string of the molecule is CCc1c2c(nn1C)COCc1ccccc1Cn1c(C(=O)O)c(CCCOc3cccc4c3CCC4)c3ccc(F)c-2c31. The first-order valence-corrected chi connectivity index (χ1v) is 15.5. The number of rotatable bonds is 7.